The molecule has 112 valence electrons. The number of nitrogens with one attached hydrogen (secondary N) is 2. The summed E-state index contributed by atoms with van der Waals surface area (Å²) in [6.07, 6.45) is -2.27. The van der Waals surface area contributed by atoms with Crippen LogP contribution in [0.5, 0.6) is 0 Å². The van der Waals surface area contributed by atoms with E-state index in [0.717, 1.165) is 0 Å². The molecule has 3 N–H and O–H groups in total. The molecular formula is C10H20N2O7. The van der Waals surface area contributed by atoms with E-state index in [4.69, 9.17) is 9.99 Å². The molecule has 0 spiro atoms. The molecule has 0 rings (SSSR count). The number of hydrogen-bond acceptors (Lipinski definition) is 7. The number of carbonyl (C=O) groups excluding carboxylic acids is 2. The van der Waals surface area contributed by atoms with Gasteiger partial charge in [0.15, 0.2) is 0 Å². The summed E-state index contributed by atoms with van der Waals surface area (Å²) in [6.45, 7) is 1.93. The van der Waals surface area contributed by atoms with Gasteiger partial charge < -0.3 is 24.8 Å². The summed E-state index contributed by atoms with van der Waals surface area (Å²) in [6, 6.07) is 0. The van der Waals surface area contributed by atoms with Crippen LogP contribution in [-0.4, -0.2) is 63.6 Å². The zero-order chi connectivity index (χ0) is 14.7. The van der Waals surface area contributed by atoms with Gasteiger partial charge in [-0.1, -0.05) is 0 Å². The summed E-state index contributed by atoms with van der Waals surface area (Å²) < 4.78 is 14.2. The van der Waals surface area contributed by atoms with E-state index in [-0.39, 0.29) is 19.7 Å². The minimum absolute atomic E-state index is 0.0902. The molecule has 1 unspecified atom stereocenters. The predicted octanol–water partition coefficient (Wildman–Crippen LogP) is -0.0383. The Morgan fingerprint density at radius 2 is 1.58 bits per heavy atom. The van der Waals surface area contributed by atoms with Gasteiger partial charge in [0.05, 0.1) is 26.9 Å². The maximum atomic E-state index is 10.9. The van der Waals surface area contributed by atoms with Crippen LogP contribution in [-0.2, 0) is 19.1 Å². The molecule has 2 amide bonds. The molecule has 0 aliphatic rings. The second-order valence-electron chi connectivity index (χ2n) is 3.62. The second-order valence-corrected chi connectivity index (χ2v) is 3.62. The lowest BCUT2D eigenvalue weighted by molar-refractivity contribution is -0.284. The van der Waals surface area contributed by atoms with Crippen molar-refractivity contribution in [2.24, 2.45) is 0 Å². The van der Waals surface area contributed by atoms with Crippen molar-refractivity contribution in [1.29, 1.82) is 0 Å². The van der Waals surface area contributed by atoms with Crippen LogP contribution in [0.3, 0.4) is 0 Å². The summed E-state index contributed by atoms with van der Waals surface area (Å²) in [7, 11) is 2.47. The lowest BCUT2D eigenvalue weighted by Gasteiger charge is -2.19. The molecule has 0 saturated heterocycles. The largest absolute Gasteiger partial charge is 0.453 e. The summed E-state index contributed by atoms with van der Waals surface area (Å²) in [4.78, 5) is 25.9. The third-order valence-electron chi connectivity index (χ3n) is 2.07. The third kappa shape index (κ3) is 9.05. The van der Waals surface area contributed by atoms with E-state index in [2.05, 4.69) is 25.0 Å². The Labute approximate surface area is 111 Å². The standard InChI is InChI=1S/C10H20N2O7/c1-7(19-15)6-18-8(4-11-9(13)16-2)5-12-10(14)17-3/h7-8,15H,4-6H2,1-3H3,(H,11,13)(H,12,14). The van der Waals surface area contributed by atoms with Gasteiger partial charge in [0.2, 0.25) is 0 Å². The van der Waals surface area contributed by atoms with Gasteiger partial charge in [-0.05, 0) is 6.92 Å². The maximum absolute atomic E-state index is 10.9. The molecule has 0 aromatic carbocycles. The Morgan fingerprint density at radius 1 is 1.11 bits per heavy atom. The second kappa shape index (κ2) is 10.4. The fourth-order valence-electron chi connectivity index (χ4n) is 1.03. The first-order valence-corrected chi connectivity index (χ1v) is 5.58. The first-order valence-electron chi connectivity index (χ1n) is 5.58. The highest BCUT2D eigenvalue weighted by Crippen LogP contribution is 1.95. The quantitative estimate of drug-likeness (QED) is 0.422. The van der Waals surface area contributed by atoms with Crippen LogP contribution in [0.2, 0.25) is 0 Å². The van der Waals surface area contributed by atoms with Crippen molar-refractivity contribution in [3.63, 3.8) is 0 Å². The van der Waals surface area contributed by atoms with E-state index in [1.807, 2.05) is 0 Å². The third-order valence-corrected chi connectivity index (χ3v) is 2.07. The minimum Gasteiger partial charge on any atom is -0.453 e. The van der Waals surface area contributed by atoms with Crippen molar-refractivity contribution in [3.05, 3.63) is 0 Å². The average molecular weight is 280 g/mol. The fraction of sp³-hybridized carbons (Fsp3) is 0.800. The van der Waals surface area contributed by atoms with Crippen molar-refractivity contribution in [2.75, 3.05) is 33.9 Å². The summed E-state index contributed by atoms with van der Waals surface area (Å²) in [5.41, 5.74) is 0. The monoisotopic (exact) mass is 280 g/mol. The normalized spacial score (nSPS) is 11.8. The van der Waals surface area contributed by atoms with Gasteiger partial charge in [0, 0.05) is 13.1 Å². The topological polar surface area (TPSA) is 115 Å². The number of ether oxygens (including phenoxy) is 3. The molecule has 19 heavy (non-hydrogen) atoms. The maximum Gasteiger partial charge on any atom is 0.406 e. The first kappa shape index (κ1) is 17.4. The summed E-state index contributed by atoms with van der Waals surface area (Å²) in [5.74, 6) is 0. The van der Waals surface area contributed by atoms with Gasteiger partial charge in [0.1, 0.15) is 6.10 Å². The molecule has 0 aromatic rings. The van der Waals surface area contributed by atoms with Crippen LogP contribution < -0.4 is 10.6 Å². The van der Waals surface area contributed by atoms with E-state index < -0.39 is 24.4 Å². The zero-order valence-electron chi connectivity index (χ0n) is 11.2. The van der Waals surface area contributed by atoms with Crippen LogP contribution in [0, 0.1) is 0 Å². The van der Waals surface area contributed by atoms with E-state index in [0.29, 0.717) is 0 Å². The number of hydrogen-bond donors (Lipinski definition) is 3. The molecule has 1 atom stereocenters. The van der Waals surface area contributed by atoms with Crippen molar-refractivity contribution in [1.82, 2.24) is 10.6 Å². The highest BCUT2D eigenvalue weighted by atomic mass is 17.1. The molecule has 0 bridgehead atoms. The zero-order valence-corrected chi connectivity index (χ0v) is 11.2. The number of rotatable bonds is 8. The highest BCUT2D eigenvalue weighted by molar-refractivity contribution is 5.67. The van der Waals surface area contributed by atoms with Crippen molar-refractivity contribution in [2.45, 2.75) is 19.1 Å². The van der Waals surface area contributed by atoms with E-state index in [9.17, 15) is 9.59 Å². The fourth-order valence-corrected chi connectivity index (χ4v) is 1.03. The minimum atomic E-state index is -0.613. The SMILES string of the molecule is COC(=O)NCC(CNC(=O)OC)OCC(C)OO. The van der Waals surface area contributed by atoms with E-state index in [1.54, 1.807) is 6.92 Å². The first-order chi connectivity index (χ1) is 9.03. The molecular weight excluding hydrogens is 260 g/mol. The number of carbonyl (C=O) groups is 2. The lowest BCUT2D eigenvalue weighted by Crippen LogP contribution is -2.42. The highest BCUT2D eigenvalue weighted by Gasteiger charge is 2.14. The van der Waals surface area contributed by atoms with Crippen molar-refractivity contribution in [3.8, 4) is 0 Å². The van der Waals surface area contributed by atoms with Gasteiger partial charge in [-0.25, -0.2) is 14.5 Å². The van der Waals surface area contributed by atoms with Gasteiger partial charge in [-0.2, -0.15) is 0 Å². The van der Waals surface area contributed by atoms with Crippen LogP contribution >= 0.6 is 0 Å². The predicted molar refractivity (Wildman–Crippen MR) is 63.7 cm³/mol. The Balaban J connectivity index is 4.13. The molecule has 0 heterocycles. The molecule has 0 radical (unpaired) electrons. The van der Waals surface area contributed by atoms with Gasteiger partial charge in [-0.15, -0.1) is 0 Å². The lowest BCUT2D eigenvalue weighted by atomic mass is 10.3. The molecule has 0 aliphatic carbocycles. The van der Waals surface area contributed by atoms with Gasteiger partial charge in [0.25, 0.3) is 0 Å². The average Bonchev–Trinajstić information content (AvgIpc) is 2.44. The molecule has 0 saturated carbocycles. The Kier molecular flexibility index (Phi) is 9.49. The van der Waals surface area contributed by atoms with Crippen molar-refractivity contribution >= 4 is 12.2 Å². The molecule has 0 aliphatic heterocycles. The van der Waals surface area contributed by atoms with Gasteiger partial charge in [-0.3, -0.25) is 5.26 Å². The Hall–Kier alpha value is -1.58. The summed E-state index contributed by atoms with van der Waals surface area (Å²) in [5, 5.41) is 13.3. The molecule has 0 fully saturated rings. The van der Waals surface area contributed by atoms with Crippen LogP contribution in [0.25, 0.3) is 0 Å². The molecule has 9 heteroatoms. The Bertz CT molecular complexity index is 255. The van der Waals surface area contributed by atoms with Gasteiger partial charge >= 0.3 is 12.2 Å². The van der Waals surface area contributed by atoms with Crippen LogP contribution in [0.4, 0.5) is 9.59 Å². The van der Waals surface area contributed by atoms with E-state index in [1.165, 1.54) is 14.2 Å². The summed E-state index contributed by atoms with van der Waals surface area (Å²) >= 11 is 0. The van der Waals surface area contributed by atoms with Crippen molar-refractivity contribution < 1.29 is 33.9 Å². The number of alkyl carbamates (subject to hydrolysis) is 2. The smallest absolute Gasteiger partial charge is 0.406 e. The number of methoxy groups -OCH3 is 2. The van der Waals surface area contributed by atoms with Crippen LogP contribution in [0.1, 0.15) is 6.92 Å². The number of amides is 2. The van der Waals surface area contributed by atoms with Crippen LogP contribution in [0.15, 0.2) is 0 Å². The Morgan fingerprint density at radius 3 is 1.95 bits per heavy atom. The molecule has 0 aromatic heterocycles. The van der Waals surface area contributed by atoms with E-state index >= 15 is 0 Å². The molecule has 9 nitrogen and oxygen atoms in total.